The monoisotopic (exact) mass is 607 g/mol. The molecule has 0 aliphatic carbocycles. The van der Waals surface area contributed by atoms with Crippen LogP contribution in [0.15, 0.2) is 30.3 Å². The van der Waals surface area contributed by atoms with Crippen LogP contribution in [-0.2, 0) is 52.0 Å². The van der Waals surface area contributed by atoms with Crippen LogP contribution in [0.2, 0.25) is 0 Å². The highest BCUT2D eigenvalue weighted by atomic mass is 31.2. The molecule has 8 atom stereocenters. The summed E-state index contributed by atoms with van der Waals surface area (Å²) in [6.45, 7) is 6.64. The summed E-state index contributed by atoms with van der Waals surface area (Å²) in [6, 6.07) is 6.32. The summed E-state index contributed by atoms with van der Waals surface area (Å²) in [7, 11) is -4.71. The van der Waals surface area contributed by atoms with E-state index in [1.807, 2.05) is 0 Å². The quantitative estimate of drug-likeness (QED) is 0.189. The van der Waals surface area contributed by atoms with E-state index in [1.165, 1.54) is 19.1 Å². The van der Waals surface area contributed by atoms with Gasteiger partial charge in [0.25, 0.3) is 0 Å². The third-order valence-electron chi connectivity index (χ3n) is 5.23. The molecule has 1 aliphatic heterocycles. The van der Waals surface area contributed by atoms with Gasteiger partial charge in [-0.3, -0.25) is 23.7 Å². The Hall–Kier alpha value is -3.10. The molecule has 0 saturated carbocycles. The number of halogens is 1. The molecule has 1 heterocycles. The van der Waals surface area contributed by atoms with Gasteiger partial charge in [-0.1, -0.05) is 18.2 Å². The Bertz CT molecular complexity index is 1100. The second-order valence-corrected chi connectivity index (χ2v) is 10.9. The topological polar surface area (TPSA) is 182 Å². The Labute approximate surface area is 236 Å². The number of carbonyl (C=O) groups excluding carboxylic acids is 4. The van der Waals surface area contributed by atoms with Gasteiger partial charge in [0.15, 0.2) is 18.4 Å². The number of aliphatic hydroxyl groups is 1. The Morgan fingerprint density at radius 2 is 1.59 bits per heavy atom. The summed E-state index contributed by atoms with van der Waals surface area (Å²) >= 11 is 0. The van der Waals surface area contributed by atoms with Crippen LogP contribution in [0.1, 0.15) is 41.5 Å². The molecule has 14 nitrogen and oxygen atoms in total. The van der Waals surface area contributed by atoms with E-state index in [-0.39, 0.29) is 5.75 Å². The van der Waals surface area contributed by atoms with Crippen LogP contribution >= 0.6 is 7.75 Å². The molecule has 1 aromatic rings. The Kier molecular flexibility index (Phi) is 12.7. The van der Waals surface area contributed by atoms with Gasteiger partial charge in [0.05, 0.1) is 6.10 Å². The third-order valence-corrected chi connectivity index (χ3v) is 6.87. The second kappa shape index (κ2) is 15.2. The van der Waals surface area contributed by atoms with Gasteiger partial charge in [-0.2, -0.15) is 5.09 Å². The van der Waals surface area contributed by atoms with Crippen molar-refractivity contribution in [1.29, 1.82) is 0 Å². The molecule has 0 radical (unpaired) electrons. The first-order valence-corrected chi connectivity index (χ1v) is 14.1. The van der Waals surface area contributed by atoms with E-state index in [0.717, 1.165) is 20.8 Å². The SMILES string of the molecule is CC(=O)OC[C@H](F)C1O[C@@H](OP(=O)(N[C@@H](C)C(=O)OC(C)C)Oc2ccccc2)C(OC(C)=O)C(OC(C)=O)[C@@H]1O. The summed E-state index contributed by atoms with van der Waals surface area (Å²) in [5, 5.41) is 13.2. The largest absolute Gasteiger partial charge is 0.463 e. The number of benzene rings is 1. The molecule has 0 amide bonds. The number of hydrogen-bond donors (Lipinski definition) is 2. The number of rotatable bonds is 13. The average Bonchev–Trinajstić information content (AvgIpc) is 2.85. The molecule has 0 aromatic heterocycles. The highest BCUT2D eigenvalue weighted by Gasteiger charge is 2.55. The molecule has 230 valence electrons. The minimum Gasteiger partial charge on any atom is -0.463 e. The number of hydrogen-bond acceptors (Lipinski definition) is 13. The zero-order chi connectivity index (χ0) is 30.9. The van der Waals surface area contributed by atoms with Gasteiger partial charge in [-0.25, -0.2) is 8.96 Å². The molecule has 0 spiro atoms. The smallest absolute Gasteiger partial charge is 0.461 e. The first-order valence-electron chi connectivity index (χ1n) is 12.6. The van der Waals surface area contributed by atoms with Crippen LogP contribution < -0.4 is 9.61 Å². The molecule has 2 rings (SSSR count). The van der Waals surface area contributed by atoms with E-state index in [0.29, 0.717) is 0 Å². The van der Waals surface area contributed by atoms with E-state index < -0.39 is 87.3 Å². The van der Waals surface area contributed by atoms with Gasteiger partial charge < -0.3 is 33.3 Å². The summed E-state index contributed by atoms with van der Waals surface area (Å²) < 4.78 is 66.0. The molecule has 0 bridgehead atoms. The van der Waals surface area contributed by atoms with E-state index in [1.54, 1.807) is 32.0 Å². The Morgan fingerprint density at radius 1 is 1.00 bits per heavy atom. The van der Waals surface area contributed by atoms with Crippen LogP contribution in [-0.4, -0.2) is 84.6 Å². The van der Waals surface area contributed by atoms with Crippen molar-refractivity contribution in [1.82, 2.24) is 5.09 Å². The maximum absolute atomic E-state index is 15.1. The zero-order valence-electron chi connectivity index (χ0n) is 23.4. The maximum atomic E-state index is 15.1. The van der Waals surface area contributed by atoms with E-state index in [4.69, 9.17) is 28.0 Å². The number of carbonyl (C=O) groups is 4. The molecule has 4 unspecified atom stereocenters. The molecule has 2 N–H and O–H groups in total. The minimum absolute atomic E-state index is 0.0129. The lowest BCUT2D eigenvalue weighted by Crippen LogP contribution is -2.63. The predicted molar refractivity (Wildman–Crippen MR) is 137 cm³/mol. The fourth-order valence-electron chi connectivity index (χ4n) is 3.63. The van der Waals surface area contributed by atoms with Crippen LogP contribution in [0.25, 0.3) is 0 Å². The first kappa shape index (κ1) is 34.1. The molecular weight excluding hydrogens is 572 g/mol. The highest BCUT2D eigenvalue weighted by Crippen LogP contribution is 2.48. The van der Waals surface area contributed by atoms with E-state index in [2.05, 4.69) is 9.82 Å². The van der Waals surface area contributed by atoms with Crippen molar-refractivity contribution in [2.24, 2.45) is 0 Å². The number of aliphatic hydroxyl groups excluding tert-OH is 1. The predicted octanol–water partition coefficient (Wildman–Crippen LogP) is 1.97. The molecule has 1 aromatic carbocycles. The van der Waals surface area contributed by atoms with Crippen LogP contribution in [0.4, 0.5) is 4.39 Å². The second-order valence-electron chi connectivity index (χ2n) is 9.27. The lowest BCUT2D eigenvalue weighted by Gasteiger charge is -2.44. The number of esters is 4. The molecule has 1 aliphatic rings. The highest BCUT2D eigenvalue weighted by molar-refractivity contribution is 7.52. The summed E-state index contributed by atoms with van der Waals surface area (Å²) in [6.07, 6.45) is -12.2. The maximum Gasteiger partial charge on any atom is 0.461 e. The summed E-state index contributed by atoms with van der Waals surface area (Å²) in [4.78, 5) is 47.5. The number of ether oxygens (including phenoxy) is 5. The fourth-order valence-corrected chi connectivity index (χ4v) is 5.21. The molecular formula is C25H35FNO13P. The van der Waals surface area contributed by atoms with Crippen molar-refractivity contribution in [3.05, 3.63) is 30.3 Å². The third kappa shape index (κ3) is 10.7. The standard InChI is InChI=1S/C25H35FNO13P/c1-13(2)35-24(32)14(3)27-41(33,39-18-10-8-7-9-11-18)40-25-23(37-17(6)30)22(36-16(5)29)20(31)21(38-25)19(26)12-34-15(4)28/h7-11,13-14,19-23,25,31H,12H2,1-6H3,(H,27,33)/t14-,19-,20+,21?,22?,23?,25-,41?/m0/s1. The Morgan fingerprint density at radius 3 is 2.12 bits per heavy atom. The normalized spacial score (nSPS) is 25.2. The van der Waals surface area contributed by atoms with Crippen LogP contribution in [0.3, 0.4) is 0 Å². The van der Waals surface area contributed by atoms with Gasteiger partial charge >= 0.3 is 31.6 Å². The lowest BCUT2D eigenvalue weighted by molar-refractivity contribution is -0.292. The Balaban J connectivity index is 2.51. The summed E-state index contributed by atoms with van der Waals surface area (Å²) in [5.74, 6) is -3.54. The minimum atomic E-state index is -4.71. The van der Waals surface area contributed by atoms with Crippen LogP contribution in [0, 0.1) is 0 Å². The van der Waals surface area contributed by atoms with Gasteiger partial charge in [-0.05, 0) is 32.9 Å². The van der Waals surface area contributed by atoms with Crippen molar-refractivity contribution in [3.8, 4) is 5.75 Å². The van der Waals surface area contributed by atoms with Crippen molar-refractivity contribution >= 4 is 31.6 Å². The lowest BCUT2D eigenvalue weighted by atomic mass is 9.95. The molecule has 41 heavy (non-hydrogen) atoms. The van der Waals surface area contributed by atoms with Crippen molar-refractivity contribution in [3.63, 3.8) is 0 Å². The van der Waals surface area contributed by atoms with Gasteiger partial charge in [-0.15, -0.1) is 0 Å². The number of para-hydroxylation sites is 1. The van der Waals surface area contributed by atoms with Gasteiger partial charge in [0, 0.05) is 20.8 Å². The fraction of sp³-hybridized carbons (Fsp3) is 0.600. The van der Waals surface area contributed by atoms with Crippen molar-refractivity contribution in [2.45, 2.75) is 90.6 Å². The van der Waals surface area contributed by atoms with E-state index in [9.17, 15) is 28.8 Å². The van der Waals surface area contributed by atoms with Crippen molar-refractivity contribution < 1.29 is 66.0 Å². The average molecular weight is 608 g/mol. The number of nitrogens with one attached hydrogen (secondary N) is 1. The molecule has 1 saturated heterocycles. The zero-order valence-corrected chi connectivity index (χ0v) is 24.3. The number of alkyl halides is 1. The molecule has 16 heteroatoms. The molecule has 1 fully saturated rings. The first-order chi connectivity index (χ1) is 19.1. The van der Waals surface area contributed by atoms with E-state index >= 15 is 4.39 Å². The van der Waals surface area contributed by atoms with Gasteiger partial charge in [0.2, 0.25) is 6.29 Å². The van der Waals surface area contributed by atoms with Crippen molar-refractivity contribution in [2.75, 3.05) is 6.61 Å². The van der Waals surface area contributed by atoms with Gasteiger partial charge in [0.1, 0.15) is 30.6 Å². The summed E-state index contributed by atoms with van der Waals surface area (Å²) in [5.41, 5.74) is 0. The van der Waals surface area contributed by atoms with Crippen LogP contribution in [0.5, 0.6) is 5.75 Å².